The van der Waals surface area contributed by atoms with E-state index in [1.807, 2.05) is 0 Å². The second kappa shape index (κ2) is 5.05. The van der Waals surface area contributed by atoms with Crippen molar-refractivity contribution in [2.24, 2.45) is 0 Å². The summed E-state index contributed by atoms with van der Waals surface area (Å²) >= 11 is 3.23. The van der Waals surface area contributed by atoms with Crippen LogP contribution in [0.4, 0.5) is 5.69 Å². The van der Waals surface area contributed by atoms with Gasteiger partial charge in [0, 0.05) is 18.8 Å². The van der Waals surface area contributed by atoms with Crippen LogP contribution >= 0.6 is 15.9 Å². The normalized spacial score (nSPS) is 10.7. The predicted octanol–water partition coefficient (Wildman–Crippen LogP) is 3.55. The summed E-state index contributed by atoms with van der Waals surface area (Å²) in [6, 6.07) is 8.75. The Morgan fingerprint density at radius 1 is 1.30 bits per heavy atom. The van der Waals surface area contributed by atoms with E-state index < -0.39 is 0 Å². The molecule has 1 amide bonds. The minimum Gasteiger partial charge on any atom is -0.441 e. The van der Waals surface area contributed by atoms with Crippen LogP contribution in [0.3, 0.4) is 0 Å². The molecule has 2 aromatic heterocycles. The smallest absolute Gasteiger partial charge is 0.257 e. The van der Waals surface area contributed by atoms with Gasteiger partial charge in [-0.3, -0.25) is 4.79 Å². The fraction of sp³-hybridized carbons (Fsp3) is 0.0714. The molecule has 5 nitrogen and oxygen atoms in total. The third kappa shape index (κ3) is 2.55. The number of aromatic nitrogens is 2. The highest BCUT2D eigenvalue weighted by molar-refractivity contribution is 9.10. The Bertz CT molecular complexity index is 781. The SMILES string of the molecule is Cc1nc2cc(NC(=O)c3ccc(Br)nc3)ccc2o1. The topological polar surface area (TPSA) is 68.0 Å². The van der Waals surface area contributed by atoms with Crippen molar-refractivity contribution >= 4 is 38.6 Å². The molecule has 1 N–H and O–H groups in total. The third-order valence-corrected chi connectivity index (χ3v) is 3.21. The maximum Gasteiger partial charge on any atom is 0.257 e. The van der Waals surface area contributed by atoms with E-state index in [1.165, 1.54) is 6.20 Å². The number of nitrogens with one attached hydrogen (secondary N) is 1. The molecule has 0 aliphatic carbocycles. The van der Waals surface area contributed by atoms with Crippen molar-refractivity contribution in [3.05, 3.63) is 52.6 Å². The molecule has 3 rings (SSSR count). The van der Waals surface area contributed by atoms with Gasteiger partial charge in [0.05, 0.1) is 5.56 Å². The van der Waals surface area contributed by atoms with Gasteiger partial charge in [0.25, 0.3) is 5.91 Å². The fourth-order valence-corrected chi connectivity index (χ4v) is 2.07. The number of aryl methyl sites for hydroxylation is 1. The Balaban J connectivity index is 1.84. The van der Waals surface area contributed by atoms with E-state index in [0.717, 1.165) is 0 Å². The van der Waals surface area contributed by atoms with Gasteiger partial charge in [-0.2, -0.15) is 0 Å². The molecule has 100 valence electrons. The van der Waals surface area contributed by atoms with Crippen molar-refractivity contribution in [1.29, 1.82) is 0 Å². The Labute approximate surface area is 123 Å². The summed E-state index contributed by atoms with van der Waals surface area (Å²) in [6.45, 7) is 1.78. The highest BCUT2D eigenvalue weighted by Crippen LogP contribution is 2.20. The number of pyridine rings is 1. The van der Waals surface area contributed by atoms with Gasteiger partial charge in [0.15, 0.2) is 11.5 Å². The molecule has 3 aromatic rings. The monoisotopic (exact) mass is 331 g/mol. The number of amides is 1. The van der Waals surface area contributed by atoms with Gasteiger partial charge in [-0.25, -0.2) is 9.97 Å². The van der Waals surface area contributed by atoms with Gasteiger partial charge in [-0.05, 0) is 46.3 Å². The second-order valence-electron chi connectivity index (χ2n) is 4.24. The molecule has 0 bridgehead atoms. The van der Waals surface area contributed by atoms with Crippen LogP contribution in [0, 0.1) is 6.92 Å². The van der Waals surface area contributed by atoms with Gasteiger partial charge in [-0.15, -0.1) is 0 Å². The number of anilines is 1. The standard InChI is InChI=1S/C14H10BrN3O2/c1-8-17-11-6-10(3-4-12(11)20-8)18-14(19)9-2-5-13(15)16-7-9/h2-7H,1H3,(H,18,19). The maximum atomic E-state index is 12.1. The lowest BCUT2D eigenvalue weighted by Gasteiger charge is -2.04. The lowest BCUT2D eigenvalue weighted by atomic mass is 10.2. The zero-order chi connectivity index (χ0) is 14.1. The van der Waals surface area contributed by atoms with Gasteiger partial charge < -0.3 is 9.73 Å². The summed E-state index contributed by atoms with van der Waals surface area (Å²) in [5.74, 6) is 0.380. The number of hydrogen-bond acceptors (Lipinski definition) is 4. The Morgan fingerprint density at radius 2 is 2.15 bits per heavy atom. The molecule has 0 atom stereocenters. The Hall–Kier alpha value is -2.21. The molecule has 0 saturated heterocycles. The van der Waals surface area contributed by atoms with Crippen LogP contribution in [0.5, 0.6) is 0 Å². The minimum absolute atomic E-state index is 0.218. The van der Waals surface area contributed by atoms with Crippen molar-refractivity contribution in [2.45, 2.75) is 6.92 Å². The molecule has 1 aromatic carbocycles. The minimum atomic E-state index is -0.218. The Morgan fingerprint density at radius 3 is 2.90 bits per heavy atom. The fourth-order valence-electron chi connectivity index (χ4n) is 1.83. The van der Waals surface area contributed by atoms with E-state index in [0.29, 0.717) is 32.8 Å². The van der Waals surface area contributed by atoms with Crippen molar-refractivity contribution in [1.82, 2.24) is 9.97 Å². The van der Waals surface area contributed by atoms with Crippen molar-refractivity contribution in [3.8, 4) is 0 Å². The summed E-state index contributed by atoms with van der Waals surface area (Å²) < 4.78 is 6.08. The molecule has 2 heterocycles. The van der Waals surface area contributed by atoms with Crippen LogP contribution in [0.2, 0.25) is 0 Å². The number of carbonyl (C=O) groups excluding carboxylic acids is 1. The molecule has 6 heteroatoms. The van der Waals surface area contributed by atoms with Gasteiger partial charge in [0.2, 0.25) is 0 Å². The lowest BCUT2D eigenvalue weighted by molar-refractivity contribution is 0.102. The molecule has 0 unspecified atom stereocenters. The first-order valence-electron chi connectivity index (χ1n) is 5.92. The van der Waals surface area contributed by atoms with E-state index in [2.05, 4.69) is 31.2 Å². The Kier molecular flexibility index (Phi) is 3.23. The van der Waals surface area contributed by atoms with Crippen LogP contribution < -0.4 is 5.32 Å². The van der Waals surface area contributed by atoms with E-state index in [9.17, 15) is 4.79 Å². The van der Waals surface area contributed by atoms with Gasteiger partial charge in [0.1, 0.15) is 10.1 Å². The molecule has 0 aliphatic rings. The zero-order valence-electron chi connectivity index (χ0n) is 10.6. The third-order valence-electron chi connectivity index (χ3n) is 2.74. The summed E-state index contributed by atoms with van der Waals surface area (Å²) in [5, 5.41) is 2.80. The second-order valence-corrected chi connectivity index (χ2v) is 5.05. The molecule has 0 spiro atoms. The van der Waals surface area contributed by atoms with Crippen LogP contribution in [-0.2, 0) is 0 Å². The highest BCUT2D eigenvalue weighted by atomic mass is 79.9. The number of oxazole rings is 1. The molecule has 0 aliphatic heterocycles. The van der Waals surface area contributed by atoms with Crippen molar-refractivity contribution in [3.63, 3.8) is 0 Å². The number of nitrogens with zero attached hydrogens (tertiary/aromatic N) is 2. The first-order chi connectivity index (χ1) is 9.61. The molecule has 0 saturated carbocycles. The van der Waals surface area contributed by atoms with Crippen LogP contribution in [0.25, 0.3) is 11.1 Å². The zero-order valence-corrected chi connectivity index (χ0v) is 12.1. The number of carbonyl (C=O) groups is 1. The molecule has 0 fully saturated rings. The van der Waals surface area contributed by atoms with E-state index in [4.69, 9.17) is 4.42 Å². The number of benzene rings is 1. The number of rotatable bonds is 2. The number of hydrogen-bond donors (Lipinski definition) is 1. The predicted molar refractivity (Wildman–Crippen MR) is 78.6 cm³/mol. The number of fused-ring (bicyclic) bond motifs is 1. The summed E-state index contributed by atoms with van der Waals surface area (Å²) in [5.41, 5.74) is 2.57. The average Bonchev–Trinajstić information content (AvgIpc) is 2.78. The lowest BCUT2D eigenvalue weighted by Crippen LogP contribution is -2.11. The van der Waals surface area contributed by atoms with E-state index >= 15 is 0 Å². The van der Waals surface area contributed by atoms with Crippen molar-refractivity contribution < 1.29 is 9.21 Å². The molecule has 20 heavy (non-hydrogen) atoms. The molecular weight excluding hydrogens is 322 g/mol. The summed E-state index contributed by atoms with van der Waals surface area (Å²) in [7, 11) is 0. The van der Waals surface area contributed by atoms with Crippen LogP contribution in [-0.4, -0.2) is 15.9 Å². The van der Waals surface area contributed by atoms with E-state index in [-0.39, 0.29) is 5.91 Å². The van der Waals surface area contributed by atoms with Crippen LogP contribution in [0.1, 0.15) is 16.2 Å². The largest absolute Gasteiger partial charge is 0.441 e. The maximum absolute atomic E-state index is 12.1. The molecular formula is C14H10BrN3O2. The van der Waals surface area contributed by atoms with Gasteiger partial charge >= 0.3 is 0 Å². The van der Waals surface area contributed by atoms with Crippen LogP contribution in [0.15, 0.2) is 45.5 Å². The van der Waals surface area contributed by atoms with Crippen molar-refractivity contribution in [2.75, 3.05) is 5.32 Å². The summed E-state index contributed by atoms with van der Waals surface area (Å²) in [6.07, 6.45) is 1.51. The first kappa shape index (κ1) is 12.8. The highest BCUT2D eigenvalue weighted by Gasteiger charge is 2.08. The van der Waals surface area contributed by atoms with Gasteiger partial charge in [-0.1, -0.05) is 0 Å². The molecule has 0 radical (unpaired) electrons. The van der Waals surface area contributed by atoms with E-state index in [1.54, 1.807) is 37.3 Å². The quantitative estimate of drug-likeness (QED) is 0.729. The number of halogens is 1. The summed E-state index contributed by atoms with van der Waals surface area (Å²) in [4.78, 5) is 20.3. The average molecular weight is 332 g/mol. The first-order valence-corrected chi connectivity index (χ1v) is 6.71.